The topological polar surface area (TPSA) is 32.5 Å². The summed E-state index contributed by atoms with van der Waals surface area (Å²) in [5.74, 6) is 1.67. The van der Waals surface area contributed by atoms with Gasteiger partial charge in [0.1, 0.15) is 0 Å². The Kier molecular flexibility index (Phi) is 6.11. The van der Waals surface area contributed by atoms with Gasteiger partial charge in [-0.25, -0.2) is 0 Å². The van der Waals surface area contributed by atoms with Crippen LogP contribution in [-0.4, -0.2) is 56.1 Å². The number of nitrogens with two attached hydrogens (primary N) is 1. The molecule has 0 radical (unpaired) electrons. The molecule has 1 aliphatic carbocycles. The normalized spacial score (nSPS) is 25.9. The maximum Gasteiger partial charge on any atom is 0.0196 e. The van der Waals surface area contributed by atoms with Crippen molar-refractivity contribution < 1.29 is 0 Å². The van der Waals surface area contributed by atoms with Crippen LogP contribution in [0, 0.1) is 11.8 Å². The number of hydrogen-bond acceptors (Lipinski definition) is 3. The summed E-state index contributed by atoms with van der Waals surface area (Å²) in [5.41, 5.74) is 6.43. The van der Waals surface area contributed by atoms with Crippen LogP contribution in [0.4, 0.5) is 0 Å². The lowest BCUT2D eigenvalue weighted by Gasteiger charge is -2.34. The van der Waals surface area contributed by atoms with E-state index in [2.05, 4.69) is 23.9 Å². The van der Waals surface area contributed by atoms with Crippen molar-refractivity contribution in [2.45, 2.75) is 51.0 Å². The molecule has 2 fully saturated rings. The van der Waals surface area contributed by atoms with E-state index in [1.807, 2.05) is 0 Å². The van der Waals surface area contributed by atoms with E-state index in [1.54, 1.807) is 0 Å². The molecule has 0 aromatic carbocycles. The number of rotatable bonds is 5. The molecule has 0 aromatic heterocycles. The van der Waals surface area contributed by atoms with Gasteiger partial charge in [0.15, 0.2) is 0 Å². The standard InChI is InChI=1S/C16H33N3/c1-18-10-8-14(9-11-18)12-19(2)13-16(17)15-6-4-3-5-7-15/h14-16H,3-13,17H2,1-2H3. The van der Waals surface area contributed by atoms with Gasteiger partial charge in [-0.05, 0) is 64.7 Å². The van der Waals surface area contributed by atoms with Crippen molar-refractivity contribution in [1.82, 2.24) is 9.80 Å². The molecule has 1 saturated heterocycles. The Morgan fingerprint density at radius 1 is 1.11 bits per heavy atom. The van der Waals surface area contributed by atoms with Crippen molar-refractivity contribution in [3.8, 4) is 0 Å². The Morgan fingerprint density at radius 2 is 1.74 bits per heavy atom. The quantitative estimate of drug-likeness (QED) is 0.828. The molecule has 3 nitrogen and oxygen atoms in total. The number of likely N-dealkylation sites (N-methyl/N-ethyl adjacent to an activating group) is 1. The van der Waals surface area contributed by atoms with Crippen LogP contribution in [0.5, 0.6) is 0 Å². The molecular formula is C16H33N3. The lowest BCUT2D eigenvalue weighted by atomic mass is 9.84. The Balaban J connectivity index is 1.66. The van der Waals surface area contributed by atoms with Gasteiger partial charge in [0.25, 0.3) is 0 Å². The minimum absolute atomic E-state index is 0.400. The monoisotopic (exact) mass is 267 g/mol. The first-order chi connectivity index (χ1) is 9.15. The second-order valence-electron chi connectivity index (χ2n) is 7.03. The van der Waals surface area contributed by atoms with Crippen LogP contribution in [-0.2, 0) is 0 Å². The maximum absolute atomic E-state index is 6.43. The highest BCUT2D eigenvalue weighted by atomic mass is 15.1. The number of nitrogens with zero attached hydrogens (tertiary/aromatic N) is 2. The highest BCUT2D eigenvalue weighted by molar-refractivity contribution is 4.80. The Labute approximate surface area is 119 Å². The van der Waals surface area contributed by atoms with Crippen molar-refractivity contribution in [2.75, 3.05) is 40.3 Å². The van der Waals surface area contributed by atoms with Crippen LogP contribution < -0.4 is 5.73 Å². The zero-order valence-electron chi connectivity index (χ0n) is 13.0. The smallest absolute Gasteiger partial charge is 0.0196 e. The van der Waals surface area contributed by atoms with Gasteiger partial charge in [-0.1, -0.05) is 19.3 Å². The molecule has 1 unspecified atom stereocenters. The van der Waals surface area contributed by atoms with Gasteiger partial charge in [-0.2, -0.15) is 0 Å². The van der Waals surface area contributed by atoms with Gasteiger partial charge in [0.05, 0.1) is 0 Å². The van der Waals surface area contributed by atoms with Crippen LogP contribution in [0.2, 0.25) is 0 Å². The minimum Gasteiger partial charge on any atom is -0.326 e. The lowest BCUT2D eigenvalue weighted by molar-refractivity contribution is 0.161. The van der Waals surface area contributed by atoms with E-state index in [-0.39, 0.29) is 0 Å². The van der Waals surface area contributed by atoms with Crippen LogP contribution >= 0.6 is 0 Å². The minimum atomic E-state index is 0.400. The number of likely N-dealkylation sites (tertiary alicyclic amines) is 1. The molecule has 112 valence electrons. The average Bonchev–Trinajstić information content (AvgIpc) is 2.42. The first-order valence-corrected chi connectivity index (χ1v) is 8.28. The van der Waals surface area contributed by atoms with E-state index < -0.39 is 0 Å². The summed E-state index contributed by atoms with van der Waals surface area (Å²) in [5, 5.41) is 0. The summed E-state index contributed by atoms with van der Waals surface area (Å²) in [4.78, 5) is 4.94. The molecule has 2 aliphatic rings. The summed E-state index contributed by atoms with van der Waals surface area (Å²) >= 11 is 0. The fourth-order valence-electron chi connectivity index (χ4n) is 3.83. The van der Waals surface area contributed by atoms with E-state index >= 15 is 0 Å². The lowest BCUT2D eigenvalue weighted by Crippen LogP contribution is -2.44. The third-order valence-electron chi connectivity index (χ3n) is 5.19. The molecule has 0 bridgehead atoms. The largest absolute Gasteiger partial charge is 0.326 e. The fourth-order valence-corrected chi connectivity index (χ4v) is 3.83. The molecule has 3 heteroatoms. The first-order valence-electron chi connectivity index (χ1n) is 8.28. The maximum atomic E-state index is 6.43. The van der Waals surface area contributed by atoms with E-state index in [0.717, 1.165) is 18.4 Å². The van der Waals surface area contributed by atoms with Crippen molar-refractivity contribution in [3.63, 3.8) is 0 Å². The van der Waals surface area contributed by atoms with E-state index in [1.165, 1.54) is 64.6 Å². The van der Waals surface area contributed by atoms with Crippen molar-refractivity contribution in [2.24, 2.45) is 17.6 Å². The molecule has 1 heterocycles. The Bertz CT molecular complexity index is 242. The summed E-state index contributed by atoms with van der Waals surface area (Å²) in [6, 6.07) is 0.400. The molecular weight excluding hydrogens is 234 g/mol. The predicted octanol–water partition coefficient (Wildman–Crippen LogP) is 2.17. The molecule has 0 spiro atoms. The molecule has 0 amide bonds. The fraction of sp³-hybridized carbons (Fsp3) is 1.00. The highest BCUT2D eigenvalue weighted by Gasteiger charge is 2.23. The summed E-state index contributed by atoms with van der Waals surface area (Å²) < 4.78 is 0. The second kappa shape index (κ2) is 7.61. The Hall–Kier alpha value is -0.120. The number of piperidine rings is 1. The van der Waals surface area contributed by atoms with Gasteiger partial charge in [0.2, 0.25) is 0 Å². The molecule has 2 N–H and O–H groups in total. The third-order valence-corrected chi connectivity index (χ3v) is 5.19. The van der Waals surface area contributed by atoms with Crippen molar-refractivity contribution in [3.05, 3.63) is 0 Å². The zero-order valence-corrected chi connectivity index (χ0v) is 13.0. The van der Waals surface area contributed by atoms with Gasteiger partial charge in [0, 0.05) is 19.1 Å². The third kappa shape index (κ3) is 5.05. The van der Waals surface area contributed by atoms with Gasteiger partial charge in [-0.15, -0.1) is 0 Å². The Morgan fingerprint density at radius 3 is 2.37 bits per heavy atom. The van der Waals surface area contributed by atoms with Crippen LogP contribution in [0.1, 0.15) is 44.9 Å². The van der Waals surface area contributed by atoms with Gasteiger partial charge >= 0.3 is 0 Å². The van der Waals surface area contributed by atoms with Crippen molar-refractivity contribution >= 4 is 0 Å². The molecule has 1 saturated carbocycles. The summed E-state index contributed by atoms with van der Waals surface area (Å²) in [6.07, 6.45) is 9.67. The van der Waals surface area contributed by atoms with Crippen LogP contribution in [0.25, 0.3) is 0 Å². The summed E-state index contributed by atoms with van der Waals surface area (Å²) in [6.45, 7) is 4.88. The second-order valence-corrected chi connectivity index (χ2v) is 7.03. The zero-order chi connectivity index (χ0) is 13.7. The first kappa shape index (κ1) is 15.3. The molecule has 19 heavy (non-hydrogen) atoms. The van der Waals surface area contributed by atoms with Crippen LogP contribution in [0.3, 0.4) is 0 Å². The van der Waals surface area contributed by atoms with E-state index in [0.29, 0.717) is 6.04 Å². The molecule has 2 rings (SSSR count). The molecule has 1 atom stereocenters. The van der Waals surface area contributed by atoms with Gasteiger partial charge < -0.3 is 15.5 Å². The predicted molar refractivity (Wildman–Crippen MR) is 82.3 cm³/mol. The van der Waals surface area contributed by atoms with E-state index in [9.17, 15) is 0 Å². The van der Waals surface area contributed by atoms with Crippen molar-refractivity contribution in [1.29, 1.82) is 0 Å². The molecule has 1 aliphatic heterocycles. The molecule has 0 aromatic rings. The SMILES string of the molecule is CN1CCC(CN(C)CC(N)C2CCCCC2)CC1. The van der Waals surface area contributed by atoms with Crippen LogP contribution in [0.15, 0.2) is 0 Å². The highest BCUT2D eigenvalue weighted by Crippen LogP contribution is 2.26. The average molecular weight is 267 g/mol. The number of hydrogen-bond donors (Lipinski definition) is 1. The van der Waals surface area contributed by atoms with Gasteiger partial charge in [-0.3, -0.25) is 0 Å². The van der Waals surface area contributed by atoms with E-state index in [4.69, 9.17) is 5.73 Å². The summed E-state index contributed by atoms with van der Waals surface area (Å²) in [7, 11) is 4.50.